The Morgan fingerprint density at radius 1 is 1.13 bits per heavy atom. The molecule has 0 saturated carbocycles. The number of carbonyl (C=O) groups excluding carboxylic acids is 1. The Balaban J connectivity index is 1.77. The second-order valence-electron chi connectivity index (χ2n) is 7.16. The first-order chi connectivity index (χ1) is 15.1. The molecule has 0 radical (unpaired) electrons. The van der Waals surface area contributed by atoms with E-state index in [0.29, 0.717) is 20.6 Å². The quantitative estimate of drug-likeness (QED) is 0.452. The topological polar surface area (TPSA) is 60.7 Å². The highest BCUT2D eigenvalue weighted by Gasteiger charge is 2.33. The fourth-order valence-electron chi connectivity index (χ4n) is 3.93. The van der Waals surface area contributed by atoms with Crippen molar-refractivity contribution in [2.75, 3.05) is 7.11 Å². The van der Waals surface area contributed by atoms with Crippen LogP contribution in [0.2, 0.25) is 0 Å². The van der Waals surface area contributed by atoms with Crippen molar-refractivity contribution in [1.29, 1.82) is 0 Å². The number of nitrogens with zero attached hydrogens (tertiary/aromatic N) is 2. The maximum atomic E-state index is 13.5. The first-order valence-corrected chi connectivity index (χ1v) is 11.4. The molecule has 7 heteroatoms. The van der Waals surface area contributed by atoms with Gasteiger partial charge >= 0.3 is 5.97 Å². The molecule has 31 heavy (non-hydrogen) atoms. The van der Waals surface area contributed by atoms with E-state index in [1.807, 2.05) is 53.9 Å². The second kappa shape index (κ2) is 7.76. The molecule has 0 saturated heterocycles. The number of aromatic nitrogens is 1. The van der Waals surface area contributed by atoms with E-state index in [1.165, 1.54) is 29.8 Å². The molecule has 0 spiro atoms. The van der Waals surface area contributed by atoms with Gasteiger partial charge in [-0.05, 0) is 40.8 Å². The smallest absolute Gasteiger partial charge is 0.338 e. The van der Waals surface area contributed by atoms with Crippen molar-refractivity contribution in [2.45, 2.75) is 13.0 Å². The van der Waals surface area contributed by atoms with Gasteiger partial charge in [-0.2, -0.15) is 0 Å². The Labute approximate surface area is 185 Å². The van der Waals surface area contributed by atoms with E-state index in [-0.39, 0.29) is 5.56 Å². The zero-order chi connectivity index (χ0) is 21.5. The van der Waals surface area contributed by atoms with Gasteiger partial charge in [-0.25, -0.2) is 9.79 Å². The molecule has 0 N–H and O–H groups in total. The zero-order valence-electron chi connectivity index (χ0n) is 16.9. The Morgan fingerprint density at radius 2 is 1.94 bits per heavy atom. The fraction of sp³-hybridized carbons (Fsp3) is 0.125. The van der Waals surface area contributed by atoms with Crippen LogP contribution >= 0.6 is 22.7 Å². The van der Waals surface area contributed by atoms with E-state index in [4.69, 9.17) is 4.74 Å². The molecule has 5 nitrogen and oxygen atoms in total. The third-order valence-electron chi connectivity index (χ3n) is 5.35. The molecule has 0 unspecified atom stereocenters. The molecule has 0 fully saturated rings. The van der Waals surface area contributed by atoms with Crippen LogP contribution in [0.3, 0.4) is 0 Å². The fourth-order valence-corrected chi connectivity index (χ4v) is 5.79. The lowest BCUT2D eigenvalue weighted by molar-refractivity contribution is -0.136. The van der Waals surface area contributed by atoms with Gasteiger partial charge < -0.3 is 4.74 Å². The van der Waals surface area contributed by atoms with Crippen molar-refractivity contribution in [2.24, 2.45) is 4.99 Å². The maximum absolute atomic E-state index is 13.5. The molecule has 4 aromatic rings. The first-order valence-electron chi connectivity index (χ1n) is 9.70. The van der Waals surface area contributed by atoms with E-state index >= 15 is 0 Å². The number of carbonyl (C=O) groups is 1. The van der Waals surface area contributed by atoms with E-state index < -0.39 is 12.0 Å². The molecule has 154 valence electrons. The summed E-state index contributed by atoms with van der Waals surface area (Å²) in [6.45, 7) is 1.79. The lowest BCUT2D eigenvalue weighted by Gasteiger charge is -2.22. The van der Waals surface area contributed by atoms with E-state index in [0.717, 1.165) is 21.2 Å². The number of esters is 1. The summed E-state index contributed by atoms with van der Waals surface area (Å²) in [5.41, 5.74) is 1.78. The number of fused-ring (bicyclic) bond motifs is 2. The second-order valence-corrected chi connectivity index (χ2v) is 9.15. The van der Waals surface area contributed by atoms with Crippen molar-refractivity contribution >= 4 is 45.5 Å². The summed E-state index contributed by atoms with van der Waals surface area (Å²) in [5.74, 6) is -0.469. The largest absolute Gasteiger partial charge is 0.466 e. The van der Waals surface area contributed by atoms with Gasteiger partial charge in [-0.3, -0.25) is 9.36 Å². The molecule has 0 bridgehead atoms. The van der Waals surface area contributed by atoms with Gasteiger partial charge in [0.25, 0.3) is 5.56 Å². The van der Waals surface area contributed by atoms with Gasteiger partial charge in [0.1, 0.15) is 6.04 Å². The molecule has 0 aliphatic carbocycles. The average molecular weight is 447 g/mol. The molecule has 1 aliphatic heterocycles. The Bertz CT molecular complexity index is 1520. The van der Waals surface area contributed by atoms with Crippen LogP contribution in [0.25, 0.3) is 16.8 Å². The van der Waals surface area contributed by atoms with Crippen LogP contribution in [0.1, 0.15) is 23.4 Å². The predicted octanol–water partition coefficient (Wildman–Crippen LogP) is 3.62. The zero-order valence-corrected chi connectivity index (χ0v) is 18.5. The molecular formula is C24H18N2O3S2. The summed E-state index contributed by atoms with van der Waals surface area (Å²) in [6.07, 6.45) is 1.91. The van der Waals surface area contributed by atoms with Crippen LogP contribution in [0.5, 0.6) is 0 Å². The van der Waals surface area contributed by atoms with Crippen molar-refractivity contribution in [3.05, 3.63) is 101 Å². The summed E-state index contributed by atoms with van der Waals surface area (Å²) in [4.78, 5) is 32.2. The number of rotatable bonds is 3. The van der Waals surface area contributed by atoms with Crippen LogP contribution in [0, 0.1) is 0 Å². The van der Waals surface area contributed by atoms with Crippen molar-refractivity contribution in [3.63, 3.8) is 0 Å². The summed E-state index contributed by atoms with van der Waals surface area (Å²) in [6, 6.07) is 17.4. The van der Waals surface area contributed by atoms with Gasteiger partial charge in [0, 0.05) is 4.88 Å². The minimum Gasteiger partial charge on any atom is -0.466 e. The monoisotopic (exact) mass is 446 g/mol. The number of hydrogen-bond acceptors (Lipinski definition) is 6. The molecule has 3 heterocycles. The predicted molar refractivity (Wildman–Crippen MR) is 124 cm³/mol. The third kappa shape index (κ3) is 3.26. The van der Waals surface area contributed by atoms with Crippen LogP contribution < -0.4 is 14.9 Å². The van der Waals surface area contributed by atoms with Crippen molar-refractivity contribution in [1.82, 2.24) is 4.57 Å². The van der Waals surface area contributed by atoms with Gasteiger partial charge in [0.05, 0.1) is 22.9 Å². The number of hydrogen-bond donors (Lipinski definition) is 0. The van der Waals surface area contributed by atoms with Crippen molar-refractivity contribution in [3.8, 4) is 0 Å². The Kier molecular flexibility index (Phi) is 4.92. The van der Waals surface area contributed by atoms with Gasteiger partial charge in [-0.1, -0.05) is 59.9 Å². The molecular weight excluding hydrogens is 428 g/mol. The standard InChI is InChI=1S/C24H18N2O3S2/c1-14-20(23(28)29-2)21(18-11-6-12-30-18)26-22(27)19(31-24(26)25-14)13-16-9-5-8-15-7-3-4-10-17(15)16/h3-13,21H,1-2H3/b19-13-/t21-/m1/s1. The maximum Gasteiger partial charge on any atom is 0.338 e. The van der Waals surface area contributed by atoms with Gasteiger partial charge in [0.2, 0.25) is 0 Å². The number of thiazole rings is 1. The molecule has 5 rings (SSSR count). The molecule has 1 aliphatic rings. The lowest BCUT2D eigenvalue weighted by Crippen LogP contribution is -2.39. The summed E-state index contributed by atoms with van der Waals surface area (Å²) < 4.78 is 7.22. The SMILES string of the molecule is COC(=O)C1=C(C)N=c2s/c(=C\c3cccc4ccccc34)c(=O)n2[C@@H]1c1cccs1. The third-order valence-corrected chi connectivity index (χ3v) is 7.26. The van der Waals surface area contributed by atoms with Gasteiger partial charge in [0.15, 0.2) is 4.80 Å². The van der Waals surface area contributed by atoms with E-state index in [9.17, 15) is 9.59 Å². The highest BCUT2D eigenvalue weighted by molar-refractivity contribution is 7.10. The highest BCUT2D eigenvalue weighted by Crippen LogP contribution is 2.33. The number of allylic oxidation sites excluding steroid dienone is 1. The van der Waals surface area contributed by atoms with Crippen LogP contribution in [-0.4, -0.2) is 17.6 Å². The molecule has 0 amide bonds. The summed E-state index contributed by atoms with van der Waals surface area (Å²) in [7, 11) is 1.35. The van der Waals surface area contributed by atoms with Crippen LogP contribution in [0.4, 0.5) is 0 Å². The van der Waals surface area contributed by atoms with Gasteiger partial charge in [-0.15, -0.1) is 11.3 Å². The minimum atomic E-state index is -0.543. The first kappa shape index (κ1) is 19.7. The van der Waals surface area contributed by atoms with E-state index in [1.54, 1.807) is 11.5 Å². The number of methoxy groups -OCH3 is 1. The Morgan fingerprint density at radius 3 is 2.71 bits per heavy atom. The number of benzene rings is 2. The lowest BCUT2D eigenvalue weighted by atomic mass is 10.0. The number of ether oxygens (including phenoxy) is 1. The van der Waals surface area contributed by atoms with Crippen LogP contribution in [-0.2, 0) is 9.53 Å². The highest BCUT2D eigenvalue weighted by atomic mass is 32.1. The van der Waals surface area contributed by atoms with E-state index in [2.05, 4.69) is 17.1 Å². The average Bonchev–Trinajstić information content (AvgIpc) is 3.41. The molecule has 1 atom stereocenters. The minimum absolute atomic E-state index is 0.163. The van der Waals surface area contributed by atoms with Crippen molar-refractivity contribution < 1.29 is 9.53 Å². The summed E-state index contributed by atoms with van der Waals surface area (Å²) >= 11 is 2.84. The molecule has 2 aromatic carbocycles. The summed E-state index contributed by atoms with van der Waals surface area (Å²) in [5, 5.41) is 4.13. The normalized spacial score (nSPS) is 16.3. The molecule has 2 aromatic heterocycles. The van der Waals surface area contributed by atoms with Crippen LogP contribution in [0.15, 0.2) is 81.0 Å². The Hall–Kier alpha value is -3.29. The number of thiophene rings is 1.